The standard InChI is InChI=1S/C16H23N3O2Si/c1-21-14-5-4-11-10-13(15(17)20)19(16(11)18-14)12-6-8-22(2,3)9-7-12/h4-5,10,12H,6-9H2,1-3H3,(H2,17,20). The van der Waals surface area contributed by atoms with Crippen LogP contribution in [0.2, 0.25) is 25.2 Å². The Kier molecular flexibility index (Phi) is 3.72. The lowest BCUT2D eigenvalue weighted by Gasteiger charge is -2.34. The summed E-state index contributed by atoms with van der Waals surface area (Å²) in [4.78, 5) is 16.4. The first-order valence-electron chi connectivity index (χ1n) is 7.77. The predicted octanol–water partition coefficient (Wildman–Crippen LogP) is 3.19. The molecule has 1 aliphatic heterocycles. The molecule has 0 atom stereocenters. The Morgan fingerprint density at radius 3 is 2.64 bits per heavy atom. The number of carbonyl (C=O) groups is 1. The van der Waals surface area contributed by atoms with Crippen molar-refractivity contribution in [2.75, 3.05) is 7.11 Å². The number of rotatable bonds is 3. The highest BCUT2D eigenvalue weighted by atomic mass is 28.3. The van der Waals surface area contributed by atoms with E-state index in [-0.39, 0.29) is 5.91 Å². The van der Waals surface area contributed by atoms with Crippen molar-refractivity contribution in [1.29, 1.82) is 0 Å². The number of methoxy groups -OCH3 is 1. The van der Waals surface area contributed by atoms with Gasteiger partial charge in [0, 0.05) is 25.6 Å². The number of hydrogen-bond donors (Lipinski definition) is 1. The molecule has 3 heterocycles. The summed E-state index contributed by atoms with van der Waals surface area (Å²) < 4.78 is 7.28. The Morgan fingerprint density at radius 2 is 2.05 bits per heavy atom. The molecular weight excluding hydrogens is 294 g/mol. The normalized spacial score (nSPS) is 18.5. The highest BCUT2D eigenvalue weighted by molar-refractivity contribution is 6.77. The average molecular weight is 317 g/mol. The third-order valence-corrected chi connectivity index (χ3v) is 8.08. The quantitative estimate of drug-likeness (QED) is 0.884. The lowest BCUT2D eigenvalue weighted by atomic mass is 10.1. The van der Waals surface area contributed by atoms with Crippen LogP contribution in [0.25, 0.3) is 11.0 Å². The number of nitrogens with two attached hydrogens (primary N) is 1. The molecule has 1 saturated heterocycles. The zero-order valence-corrected chi connectivity index (χ0v) is 14.4. The second kappa shape index (κ2) is 5.42. The topological polar surface area (TPSA) is 70.1 Å². The van der Waals surface area contributed by atoms with E-state index in [1.807, 2.05) is 22.8 Å². The molecule has 0 spiro atoms. The maximum Gasteiger partial charge on any atom is 0.265 e. The van der Waals surface area contributed by atoms with Gasteiger partial charge in [0.1, 0.15) is 11.3 Å². The number of fused-ring (bicyclic) bond motifs is 1. The molecule has 0 radical (unpaired) electrons. The molecule has 118 valence electrons. The molecule has 6 heteroatoms. The van der Waals surface area contributed by atoms with Crippen molar-refractivity contribution in [3.05, 3.63) is 23.9 Å². The highest BCUT2D eigenvalue weighted by Gasteiger charge is 2.31. The van der Waals surface area contributed by atoms with E-state index in [1.165, 1.54) is 12.1 Å². The summed E-state index contributed by atoms with van der Waals surface area (Å²) in [6.45, 7) is 4.88. The van der Waals surface area contributed by atoms with Gasteiger partial charge in [0.05, 0.1) is 7.11 Å². The van der Waals surface area contributed by atoms with Gasteiger partial charge in [0.2, 0.25) is 5.88 Å². The molecule has 2 N–H and O–H groups in total. The van der Waals surface area contributed by atoms with Gasteiger partial charge < -0.3 is 15.0 Å². The van der Waals surface area contributed by atoms with Crippen LogP contribution in [0.4, 0.5) is 0 Å². The van der Waals surface area contributed by atoms with Crippen LogP contribution in [0.1, 0.15) is 29.4 Å². The minimum absolute atomic E-state index is 0.306. The molecule has 2 aromatic heterocycles. The Hall–Kier alpha value is -1.82. The Morgan fingerprint density at radius 1 is 1.36 bits per heavy atom. The molecule has 2 aromatic rings. The Balaban J connectivity index is 2.09. The third-order valence-electron chi connectivity index (χ3n) is 4.80. The summed E-state index contributed by atoms with van der Waals surface area (Å²) in [6.07, 6.45) is 2.20. The van der Waals surface area contributed by atoms with Crippen LogP contribution in [0.3, 0.4) is 0 Å². The van der Waals surface area contributed by atoms with Gasteiger partial charge in [0.25, 0.3) is 5.91 Å². The molecular formula is C16H23N3O2Si. The van der Waals surface area contributed by atoms with Gasteiger partial charge >= 0.3 is 0 Å². The van der Waals surface area contributed by atoms with E-state index in [2.05, 4.69) is 18.1 Å². The van der Waals surface area contributed by atoms with E-state index in [4.69, 9.17) is 10.5 Å². The van der Waals surface area contributed by atoms with Crippen molar-refractivity contribution >= 4 is 25.0 Å². The van der Waals surface area contributed by atoms with E-state index in [0.717, 1.165) is 23.9 Å². The van der Waals surface area contributed by atoms with Crippen LogP contribution >= 0.6 is 0 Å². The monoisotopic (exact) mass is 317 g/mol. The number of primary amides is 1. The van der Waals surface area contributed by atoms with Crippen molar-refractivity contribution in [3.8, 4) is 5.88 Å². The van der Waals surface area contributed by atoms with Gasteiger partial charge in [-0.15, -0.1) is 0 Å². The SMILES string of the molecule is COc1ccc2cc(C(N)=O)n(C3CC[Si](C)(C)CC3)c2n1. The highest BCUT2D eigenvalue weighted by Crippen LogP contribution is 2.38. The Bertz CT molecular complexity index is 713. The molecule has 1 amide bonds. The predicted molar refractivity (Wildman–Crippen MR) is 90.2 cm³/mol. The zero-order valence-electron chi connectivity index (χ0n) is 13.4. The van der Waals surface area contributed by atoms with Gasteiger partial charge in [-0.25, -0.2) is 0 Å². The fourth-order valence-corrected chi connectivity index (χ4v) is 5.87. The van der Waals surface area contributed by atoms with Gasteiger partial charge in [-0.2, -0.15) is 4.98 Å². The number of nitrogens with zero attached hydrogens (tertiary/aromatic N) is 2. The molecule has 0 aromatic carbocycles. The van der Waals surface area contributed by atoms with E-state index in [9.17, 15) is 4.79 Å². The van der Waals surface area contributed by atoms with Crippen molar-refractivity contribution in [1.82, 2.24) is 9.55 Å². The van der Waals surface area contributed by atoms with Crippen molar-refractivity contribution < 1.29 is 9.53 Å². The van der Waals surface area contributed by atoms with Crippen LogP contribution in [0.5, 0.6) is 5.88 Å². The number of pyridine rings is 1. The molecule has 0 unspecified atom stereocenters. The summed E-state index contributed by atoms with van der Waals surface area (Å²) in [5.41, 5.74) is 6.96. The molecule has 1 aliphatic rings. The molecule has 0 aliphatic carbocycles. The second-order valence-corrected chi connectivity index (χ2v) is 12.3. The fourth-order valence-electron chi connectivity index (χ4n) is 3.39. The maximum atomic E-state index is 11.9. The van der Waals surface area contributed by atoms with Gasteiger partial charge in [-0.05, 0) is 25.0 Å². The first-order valence-corrected chi connectivity index (χ1v) is 11.2. The lowest BCUT2D eigenvalue weighted by molar-refractivity contribution is 0.0989. The van der Waals surface area contributed by atoms with Crippen LogP contribution in [-0.4, -0.2) is 30.6 Å². The van der Waals surface area contributed by atoms with Gasteiger partial charge in [0.15, 0.2) is 0 Å². The molecule has 0 saturated carbocycles. The molecule has 0 bridgehead atoms. The van der Waals surface area contributed by atoms with E-state index in [1.54, 1.807) is 7.11 Å². The molecule has 1 fully saturated rings. The third kappa shape index (κ3) is 2.63. The van der Waals surface area contributed by atoms with Crippen LogP contribution in [0.15, 0.2) is 18.2 Å². The largest absolute Gasteiger partial charge is 0.481 e. The summed E-state index contributed by atoms with van der Waals surface area (Å²) >= 11 is 0. The molecule has 5 nitrogen and oxygen atoms in total. The number of ether oxygens (including phenoxy) is 1. The second-order valence-electron chi connectivity index (χ2n) is 6.93. The van der Waals surface area contributed by atoms with Crippen molar-refractivity contribution in [2.24, 2.45) is 5.73 Å². The number of carbonyl (C=O) groups excluding carboxylic acids is 1. The summed E-state index contributed by atoms with van der Waals surface area (Å²) in [5, 5.41) is 0.941. The van der Waals surface area contributed by atoms with Crippen LogP contribution in [0, 0.1) is 0 Å². The number of amides is 1. The lowest BCUT2D eigenvalue weighted by Crippen LogP contribution is -2.33. The smallest absolute Gasteiger partial charge is 0.265 e. The van der Waals surface area contributed by atoms with E-state index < -0.39 is 8.07 Å². The first kappa shape index (κ1) is 15.1. The summed E-state index contributed by atoms with van der Waals surface area (Å²) in [5.74, 6) is 0.174. The van der Waals surface area contributed by atoms with Gasteiger partial charge in [-0.1, -0.05) is 25.2 Å². The Labute approximate surface area is 131 Å². The number of aromatic nitrogens is 2. The fraction of sp³-hybridized carbons (Fsp3) is 0.500. The molecule has 22 heavy (non-hydrogen) atoms. The zero-order chi connectivity index (χ0) is 15.9. The van der Waals surface area contributed by atoms with E-state index >= 15 is 0 Å². The van der Waals surface area contributed by atoms with E-state index in [0.29, 0.717) is 17.6 Å². The van der Waals surface area contributed by atoms with Crippen LogP contribution < -0.4 is 10.5 Å². The van der Waals surface area contributed by atoms with Crippen molar-refractivity contribution in [3.63, 3.8) is 0 Å². The number of hydrogen-bond acceptors (Lipinski definition) is 3. The van der Waals surface area contributed by atoms with Gasteiger partial charge in [-0.3, -0.25) is 4.79 Å². The average Bonchev–Trinajstić information content (AvgIpc) is 2.86. The first-order chi connectivity index (χ1) is 10.4. The minimum Gasteiger partial charge on any atom is -0.481 e. The van der Waals surface area contributed by atoms with Crippen molar-refractivity contribution in [2.45, 2.75) is 44.1 Å². The molecule has 3 rings (SSSR count). The van der Waals surface area contributed by atoms with Crippen LogP contribution in [-0.2, 0) is 0 Å². The summed E-state index contributed by atoms with van der Waals surface area (Å²) in [6, 6.07) is 8.46. The maximum absolute atomic E-state index is 11.9. The minimum atomic E-state index is -1.05. The summed E-state index contributed by atoms with van der Waals surface area (Å²) in [7, 11) is 0.553.